The molecule has 0 saturated heterocycles. The minimum Gasteiger partial charge on any atom is -0.356 e. The van der Waals surface area contributed by atoms with Gasteiger partial charge in [-0.2, -0.15) is 0 Å². The summed E-state index contributed by atoms with van der Waals surface area (Å²) in [7, 11) is 0. The van der Waals surface area contributed by atoms with Crippen molar-refractivity contribution in [1.29, 1.82) is 0 Å². The standard InChI is InChI=1S/C15H22BrNO/c1-3-4-5-10-17-15(18)9-8-13-7-6-12(2)11-14(13)16/h6-7,11H,3-5,8-10H2,1-2H3,(H,17,18). The molecule has 1 aromatic rings. The van der Waals surface area contributed by atoms with Crippen LogP contribution in [0.15, 0.2) is 22.7 Å². The van der Waals surface area contributed by atoms with Crippen LogP contribution in [0.4, 0.5) is 0 Å². The molecule has 0 saturated carbocycles. The molecule has 1 rings (SSSR count). The highest BCUT2D eigenvalue weighted by molar-refractivity contribution is 9.10. The molecule has 18 heavy (non-hydrogen) atoms. The van der Waals surface area contributed by atoms with E-state index in [1.54, 1.807) is 0 Å². The van der Waals surface area contributed by atoms with Crippen molar-refractivity contribution < 1.29 is 4.79 Å². The van der Waals surface area contributed by atoms with E-state index in [1.165, 1.54) is 24.0 Å². The molecule has 0 aliphatic rings. The van der Waals surface area contributed by atoms with E-state index < -0.39 is 0 Å². The van der Waals surface area contributed by atoms with E-state index in [0.29, 0.717) is 6.42 Å². The van der Waals surface area contributed by atoms with Gasteiger partial charge in [0.2, 0.25) is 5.91 Å². The first-order valence-electron chi connectivity index (χ1n) is 6.65. The van der Waals surface area contributed by atoms with E-state index in [1.807, 2.05) is 0 Å². The van der Waals surface area contributed by atoms with E-state index in [2.05, 4.69) is 53.3 Å². The zero-order valence-corrected chi connectivity index (χ0v) is 12.8. The highest BCUT2D eigenvalue weighted by Gasteiger charge is 2.04. The number of aryl methyl sites for hydroxylation is 2. The molecule has 0 heterocycles. The Kier molecular flexibility index (Phi) is 7.02. The average Bonchev–Trinajstić information content (AvgIpc) is 2.33. The Balaban J connectivity index is 2.29. The topological polar surface area (TPSA) is 29.1 Å². The maximum atomic E-state index is 11.6. The van der Waals surface area contributed by atoms with Gasteiger partial charge in [0.1, 0.15) is 0 Å². The van der Waals surface area contributed by atoms with Crippen LogP contribution in [0.2, 0.25) is 0 Å². The van der Waals surface area contributed by atoms with Crippen LogP contribution in [0, 0.1) is 6.92 Å². The van der Waals surface area contributed by atoms with Crippen LogP contribution in [0.25, 0.3) is 0 Å². The first kappa shape index (κ1) is 15.2. The summed E-state index contributed by atoms with van der Waals surface area (Å²) in [6.45, 7) is 5.04. The third kappa shape index (κ3) is 5.67. The van der Waals surface area contributed by atoms with Crippen LogP contribution in [0.1, 0.15) is 43.7 Å². The lowest BCUT2D eigenvalue weighted by Crippen LogP contribution is -2.24. The molecule has 0 spiro atoms. The molecule has 0 aliphatic heterocycles. The number of hydrogen-bond acceptors (Lipinski definition) is 1. The number of benzene rings is 1. The quantitative estimate of drug-likeness (QED) is 0.758. The average molecular weight is 312 g/mol. The van der Waals surface area contributed by atoms with Gasteiger partial charge in [-0.25, -0.2) is 0 Å². The first-order chi connectivity index (χ1) is 8.63. The first-order valence-corrected chi connectivity index (χ1v) is 7.44. The van der Waals surface area contributed by atoms with Crippen molar-refractivity contribution in [2.75, 3.05) is 6.54 Å². The third-order valence-electron chi connectivity index (χ3n) is 2.93. The van der Waals surface area contributed by atoms with Gasteiger partial charge < -0.3 is 5.32 Å². The van der Waals surface area contributed by atoms with Crippen LogP contribution >= 0.6 is 15.9 Å². The molecule has 2 nitrogen and oxygen atoms in total. The van der Waals surface area contributed by atoms with E-state index >= 15 is 0 Å². The molecule has 1 aromatic carbocycles. The van der Waals surface area contributed by atoms with Gasteiger partial charge in [-0.1, -0.05) is 47.8 Å². The fourth-order valence-corrected chi connectivity index (χ4v) is 2.49. The Labute approximate surface area is 118 Å². The van der Waals surface area contributed by atoms with Crippen LogP contribution in [0.5, 0.6) is 0 Å². The summed E-state index contributed by atoms with van der Waals surface area (Å²) in [6, 6.07) is 6.26. The Morgan fingerprint density at radius 2 is 2.11 bits per heavy atom. The van der Waals surface area contributed by atoms with Crippen LogP contribution < -0.4 is 5.32 Å². The molecule has 0 bridgehead atoms. The zero-order chi connectivity index (χ0) is 13.4. The van der Waals surface area contributed by atoms with E-state index in [0.717, 1.165) is 23.9 Å². The normalized spacial score (nSPS) is 10.4. The second-order valence-corrected chi connectivity index (χ2v) is 5.51. The minimum absolute atomic E-state index is 0.151. The van der Waals surface area contributed by atoms with Gasteiger partial charge in [0, 0.05) is 17.4 Å². The maximum Gasteiger partial charge on any atom is 0.220 e. The van der Waals surface area contributed by atoms with E-state index in [4.69, 9.17) is 0 Å². The lowest BCUT2D eigenvalue weighted by atomic mass is 10.1. The fourth-order valence-electron chi connectivity index (χ4n) is 1.79. The Morgan fingerprint density at radius 3 is 2.78 bits per heavy atom. The van der Waals surface area contributed by atoms with Crippen LogP contribution in [0.3, 0.4) is 0 Å². The van der Waals surface area contributed by atoms with Crippen molar-refractivity contribution in [3.05, 3.63) is 33.8 Å². The largest absolute Gasteiger partial charge is 0.356 e. The monoisotopic (exact) mass is 311 g/mol. The second kappa shape index (κ2) is 8.30. The summed E-state index contributed by atoms with van der Waals surface area (Å²) in [5, 5.41) is 2.96. The molecular weight excluding hydrogens is 290 g/mol. The number of carbonyl (C=O) groups is 1. The number of unbranched alkanes of at least 4 members (excludes halogenated alkanes) is 2. The molecular formula is C15H22BrNO. The minimum atomic E-state index is 0.151. The van der Waals surface area contributed by atoms with Gasteiger partial charge in [-0.15, -0.1) is 0 Å². The predicted molar refractivity (Wildman–Crippen MR) is 79.7 cm³/mol. The SMILES string of the molecule is CCCCCNC(=O)CCc1ccc(C)cc1Br. The molecule has 0 aliphatic carbocycles. The third-order valence-corrected chi connectivity index (χ3v) is 3.67. The fraction of sp³-hybridized carbons (Fsp3) is 0.533. The van der Waals surface area contributed by atoms with Gasteiger partial charge >= 0.3 is 0 Å². The summed E-state index contributed by atoms with van der Waals surface area (Å²) in [5.74, 6) is 0.151. The number of rotatable bonds is 7. The van der Waals surface area contributed by atoms with Gasteiger partial charge in [-0.3, -0.25) is 4.79 Å². The molecule has 0 radical (unpaired) electrons. The molecule has 1 N–H and O–H groups in total. The second-order valence-electron chi connectivity index (χ2n) is 4.65. The van der Waals surface area contributed by atoms with Crippen LogP contribution in [-0.2, 0) is 11.2 Å². The lowest BCUT2D eigenvalue weighted by molar-refractivity contribution is -0.121. The lowest BCUT2D eigenvalue weighted by Gasteiger charge is -2.07. The van der Waals surface area contributed by atoms with Gasteiger partial charge in [-0.05, 0) is 37.0 Å². The van der Waals surface area contributed by atoms with E-state index in [-0.39, 0.29) is 5.91 Å². The number of amides is 1. The Hall–Kier alpha value is -0.830. The van der Waals surface area contributed by atoms with Crippen molar-refractivity contribution in [2.24, 2.45) is 0 Å². The molecule has 0 atom stereocenters. The molecule has 3 heteroatoms. The molecule has 1 amide bonds. The summed E-state index contributed by atoms with van der Waals surface area (Å²) in [4.78, 5) is 11.6. The smallest absolute Gasteiger partial charge is 0.220 e. The van der Waals surface area contributed by atoms with Gasteiger partial charge in [0.25, 0.3) is 0 Å². The number of carbonyl (C=O) groups excluding carboxylic acids is 1. The van der Waals surface area contributed by atoms with E-state index in [9.17, 15) is 4.79 Å². The van der Waals surface area contributed by atoms with Crippen LogP contribution in [-0.4, -0.2) is 12.5 Å². The molecule has 0 fully saturated rings. The molecule has 0 unspecified atom stereocenters. The summed E-state index contributed by atoms with van der Waals surface area (Å²) >= 11 is 3.54. The number of hydrogen-bond donors (Lipinski definition) is 1. The predicted octanol–water partition coefficient (Wildman–Crippen LogP) is 4.00. The highest BCUT2D eigenvalue weighted by atomic mass is 79.9. The van der Waals surface area contributed by atoms with Crippen molar-refractivity contribution in [1.82, 2.24) is 5.32 Å². The van der Waals surface area contributed by atoms with Gasteiger partial charge in [0.15, 0.2) is 0 Å². The summed E-state index contributed by atoms with van der Waals surface area (Å²) < 4.78 is 1.10. The summed E-state index contributed by atoms with van der Waals surface area (Å²) in [6.07, 6.45) is 4.81. The molecule has 0 aromatic heterocycles. The molecule has 100 valence electrons. The number of nitrogens with one attached hydrogen (secondary N) is 1. The maximum absolute atomic E-state index is 11.6. The number of halogens is 1. The highest BCUT2D eigenvalue weighted by Crippen LogP contribution is 2.19. The van der Waals surface area contributed by atoms with Gasteiger partial charge in [0.05, 0.1) is 0 Å². The zero-order valence-electron chi connectivity index (χ0n) is 11.3. The Bertz CT molecular complexity index is 390. The summed E-state index contributed by atoms with van der Waals surface area (Å²) in [5.41, 5.74) is 2.43. The Morgan fingerprint density at radius 1 is 1.33 bits per heavy atom. The van der Waals surface area contributed by atoms with Crippen molar-refractivity contribution in [2.45, 2.75) is 46.0 Å². The van der Waals surface area contributed by atoms with Crippen molar-refractivity contribution >= 4 is 21.8 Å². The van der Waals surface area contributed by atoms with Crippen molar-refractivity contribution in [3.63, 3.8) is 0 Å². The van der Waals surface area contributed by atoms with Crippen molar-refractivity contribution in [3.8, 4) is 0 Å².